The number of amides is 1. The van der Waals surface area contributed by atoms with Crippen LogP contribution in [0.15, 0.2) is 4.52 Å². The second-order valence-corrected chi connectivity index (χ2v) is 5.47. The number of aliphatic carboxylic acids is 1. The van der Waals surface area contributed by atoms with Gasteiger partial charge in [0.15, 0.2) is 5.82 Å². The standard InChI is InChI=1S/C14H21N3O4/c1-3-7-14(13(19)20)8-4-9-17(14)12(18)6-5-11-15-10(2)16-21-11/h3-9H2,1-2H3,(H,19,20). The Morgan fingerprint density at radius 3 is 2.81 bits per heavy atom. The molecule has 1 aromatic rings. The van der Waals surface area contributed by atoms with Crippen molar-refractivity contribution >= 4 is 11.9 Å². The van der Waals surface area contributed by atoms with Gasteiger partial charge in [-0.1, -0.05) is 18.5 Å². The van der Waals surface area contributed by atoms with Crippen LogP contribution in [-0.4, -0.2) is 44.1 Å². The molecular weight excluding hydrogens is 274 g/mol. The zero-order valence-electron chi connectivity index (χ0n) is 12.5. The highest BCUT2D eigenvalue weighted by Crippen LogP contribution is 2.34. The van der Waals surface area contributed by atoms with Gasteiger partial charge in [0.05, 0.1) is 0 Å². The summed E-state index contributed by atoms with van der Waals surface area (Å²) in [5.41, 5.74) is -1.03. The van der Waals surface area contributed by atoms with Crippen molar-refractivity contribution in [3.05, 3.63) is 11.7 Å². The molecule has 116 valence electrons. The lowest BCUT2D eigenvalue weighted by Gasteiger charge is -2.34. The lowest BCUT2D eigenvalue weighted by atomic mass is 9.90. The lowest BCUT2D eigenvalue weighted by molar-refractivity contribution is -0.157. The zero-order chi connectivity index (χ0) is 15.5. The number of hydrogen-bond donors (Lipinski definition) is 1. The highest BCUT2D eigenvalue weighted by molar-refractivity contribution is 5.87. The van der Waals surface area contributed by atoms with Crippen LogP contribution in [0.4, 0.5) is 0 Å². The molecule has 0 saturated carbocycles. The van der Waals surface area contributed by atoms with E-state index in [2.05, 4.69) is 10.1 Å². The van der Waals surface area contributed by atoms with Crippen LogP contribution in [0.5, 0.6) is 0 Å². The Labute approximate surface area is 123 Å². The third-order valence-electron chi connectivity index (χ3n) is 3.97. The van der Waals surface area contributed by atoms with Gasteiger partial charge in [0.1, 0.15) is 5.54 Å². The number of carboxylic acid groups (broad SMARTS) is 1. The van der Waals surface area contributed by atoms with E-state index in [9.17, 15) is 14.7 Å². The van der Waals surface area contributed by atoms with E-state index in [0.29, 0.717) is 37.5 Å². The number of aromatic nitrogens is 2. The van der Waals surface area contributed by atoms with E-state index in [-0.39, 0.29) is 12.3 Å². The van der Waals surface area contributed by atoms with E-state index in [0.717, 1.165) is 12.8 Å². The molecule has 1 amide bonds. The molecule has 0 bridgehead atoms. The summed E-state index contributed by atoms with van der Waals surface area (Å²) in [5, 5.41) is 13.2. The highest BCUT2D eigenvalue weighted by Gasteiger charge is 2.48. The van der Waals surface area contributed by atoms with Crippen LogP contribution in [0, 0.1) is 6.92 Å². The molecule has 7 heteroatoms. The van der Waals surface area contributed by atoms with Gasteiger partial charge < -0.3 is 14.5 Å². The molecule has 1 aliphatic heterocycles. The summed E-state index contributed by atoms with van der Waals surface area (Å²) in [4.78, 5) is 29.6. The molecule has 1 N–H and O–H groups in total. The monoisotopic (exact) mass is 295 g/mol. The molecule has 1 aliphatic rings. The molecule has 1 fully saturated rings. The number of aryl methyl sites for hydroxylation is 2. The molecule has 2 rings (SSSR count). The van der Waals surface area contributed by atoms with Crippen molar-refractivity contribution in [3.63, 3.8) is 0 Å². The van der Waals surface area contributed by atoms with Gasteiger partial charge in [0, 0.05) is 19.4 Å². The first-order valence-electron chi connectivity index (χ1n) is 7.32. The van der Waals surface area contributed by atoms with E-state index in [1.807, 2.05) is 6.92 Å². The minimum absolute atomic E-state index is 0.154. The Bertz CT molecular complexity index is 528. The van der Waals surface area contributed by atoms with Crippen LogP contribution in [0.2, 0.25) is 0 Å². The van der Waals surface area contributed by atoms with Crippen LogP contribution < -0.4 is 0 Å². The summed E-state index contributed by atoms with van der Waals surface area (Å²) < 4.78 is 4.98. The zero-order valence-corrected chi connectivity index (χ0v) is 12.5. The van der Waals surface area contributed by atoms with Crippen molar-refractivity contribution in [2.24, 2.45) is 0 Å². The van der Waals surface area contributed by atoms with Crippen molar-refractivity contribution in [2.75, 3.05) is 6.54 Å². The maximum atomic E-state index is 12.4. The average molecular weight is 295 g/mol. The minimum Gasteiger partial charge on any atom is -0.479 e. The topological polar surface area (TPSA) is 96.5 Å². The molecule has 1 unspecified atom stereocenters. The summed E-state index contributed by atoms with van der Waals surface area (Å²) >= 11 is 0. The number of likely N-dealkylation sites (tertiary alicyclic amines) is 1. The number of hydrogen-bond acceptors (Lipinski definition) is 5. The molecule has 1 atom stereocenters. The first kappa shape index (κ1) is 15.5. The quantitative estimate of drug-likeness (QED) is 0.855. The maximum absolute atomic E-state index is 12.4. The fourth-order valence-corrected chi connectivity index (χ4v) is 3.04. The van der Waals surface area contributed by atoms with E-state index in [4.69, 9.17) is 4.52 Å². The molecule has 7 nitrogen and oxygen atoms in total. The van der Waals surface area contributed by atoms with Crippen LogP contribution >= 0.6 is 0 Å². The van der Waals surface area contributed by atoms with Crippen molar-refractivity contribution in [1.29, 1.82) is 0 Å². The largest absolute Gasteiger partial charge is 0.479 e. The predicted molar refractivity (Wildman–Crippen MR) is 73.6 cm³/mol. The van der Waals surface area contributed by atoms with E-state index < -0.39 is 11.5 Å². The molecule has 2 heterocycles. The second-order valence-electron chi connectivity index (χ2n) is 5.47. The molecular formula is C14H21N3O4. The summed E-state index contributed by atoms with van der Waals surface area (Å²) in [6.07, 6.45) is 3.03. The highest BCUT2D eigenvalue weighted by atomic mass is 16.5. The molecule has 21 heavy (non-hydrogen) atoms. The van der Waals surface area contributed by atoms with Gasteiger partial charge in [0.25, 0.3) is 0 Å². The smallest absolute Gasteiger partial charge is 0.329 e. The van der Waals surface area contributed by atoms with E-state index in [1.54, 1.807) is 6.92 Å². The Hall–Kier alpha value is -1.92. The number of carbonyl (C=O) groups excluding carboxylic acids is 1. The number of carbonyl (C=O) groups is 2. The molecule has 1 saturated heterocycles. The van der Waals surface area contributed by atoms with E-state index in [1.165, 1.54) is 4.90 Å². The van der Waals surface area contributed by atoms with Gasteiger partial charge in [0.2, 0.25) is 11.8 Å². The summed E-state index contributed by atoms with van der Waals surface area (Å²) in [5.74, 6) is -0.107. The Kier molecular flexibility index (Phi) is 4.59. The molecule has 1 aromatic heterocycles. The fourth-order valence-electron chi connectivity index (χ4n) is 3.04. The van der Waals surface area contributed by atoms with Gasteiger partial charge in [-0.05, 0) is 26.2 Å². The third-order valence-corrected chi connectivity index (χ3v) is 3.97. The van der Waals surface area contributed by atoms with Gasteiger partial charge in [-0.15, -0.1) is 0 Å². The summed E-state index contributed by atoms with van der Waals surface area (Å²) in [7, 11) is 0. The fraction of sp³-hybridized carbons (Fsp3) is 0.714. The Morgan fingerprint density at radius 2 is 2.24 bits per heavy atom. The third kappa shape index (κ3) is 3.06. The summed E-state index contributed by atoms with van der Waals surface area (Å²) in [6, 6.07) is 0. The minimum atomic E-state index is -1.03. The second kappa shape index (κ2) is 6.24. The number of nitrogens with zero attached hydrogens (tertiary/aromatic N) is 3. The van der Waals surface area contributed by atoms with Gasteiger partial charge in [-0.25, -0.2) is 4.79 Å². The van der Waals surface area contributed by atoms with Gasteiger partial charge in [-0.3, -0.25) is 4.79 Å². The van der Waals surface area contributed by atoms with Crippen LogP contribution in [-0.2, 0) is 16.0 Å². The predicted octanol–water partition coefficient (Wildman–Crippen LogP) is 1.56. The summed E-state index contributed by atoms with van der Waals surface area (Å²) in [6.45, 7) is 4.16. The first-order chi connectivity index (χ1) is 9.99. The molecule has 0 aliphatic carbocycles. The average Bonchev–Trinajstić information content (AvgIpc) is 3.04. The van der Waals surface area contributed by atoms with Crippen molar-refractivity contribution in [2.45, 2.75) is 57.9 Å². The number of rotatable bonds is 6. The Morgan fingerprint density at radius 1 is 1.48 bits per heavy atom. The van der Waals surface area contributed by atoms with Crippen LogP contribution in [0.25, 0.3) is 0 Å². The molecule has 0 aromatic carbocycles. The Balaban J connectivity index is 2.04. The molecule has 0 spiro atoms. The normalized spacial score (nSPS) is 21.7. The SMILES string of the molecule is CCCC1(C(=O)O)CCCN1C(=O)CCc1nc(C)no1. The van der Waals surface area contributed by atoms with Crippen LogP contribution in [0.3, 0.4) is 0 Å². The van der Waals surface area contributed by atoms with Gasteiger partial charge >= 0.3 is 5.97 Å². The maximum Gasteiger partial charge on any atom is 0.329 e. The molecule has 0 radical (unpaired) electrons. The first-order valence-corrected chi connectivity index (χ1v) is 7.32. The van der Waals surface area contributed by atoms with Crippen molar-refractivity contribution in [1.82, 2.24) is 15.0 Å². The lowest BCUT2D eigenvalue weighted by Crippen LogP contribution is -2.53. The number of carboxylic acids is 1. The van der Waals surface area contributed by atoms with Crippen molar-refractivity contribution in [3.8, 4) is 0 Å². The van der Waals surface area contributed by atoms with Gasteiger partial charge in [-0.2, -0.15) is 4.98 Å². The van der Waals surface area contributed by atoms with E-state index >= 15 is 0 Å². The van der Waals surface area contributed by atoms with Crippen LogP contribution in [0.1, 0.15) is 50.7 Å². The van der Waals surface area contributed by atoms with Crippen molar-refractivity contribution < 1.29 is 19.2 Å².